The van der Waals surface area contributed by atoms with Gasteiger partial charge in [0.05, 0.1) is 6.10 Å². The molecule has 3 rings (SSSR count). The molecule has 1 heterocycles. The summed E-state index contributed by atoms with van der Waals surface area (Å²) in [5.41, 5.74) is 3.20. The number of hydrogen-bond acceptors (Lipinski definition) is 3. The standard InChI is InChI=1S/C26H30O3/c1-20(17-21(2)27)18-24-10-8-22(9-11-24)6-7-23-12-14-25(15-13-23)29-19-26-5-3-4-16-28-26/h8-15,20,26H,3-5,16-19H2,1-2H3. The van der Waals surface area contributed by atoms with Gasteiger partial charge in [0, 0.05) is 24.2 Å². The van der Waals surface area contributed by atoms with E-state index in [2.05, 4.69) is 30.9 Å². The minimum Gasteiger partial charge on any atom is -0.491 e. The van der Waals surface area contributed by atoms with Gasteiger partial charge in [-0.15, -0.1) is 0 Å². The van der Waals surface area contributed by atoms with Crippen molar-refractivity contribution < 1.29 is 14.3 Å². The lowest BCUT2D eigenvalue weighted by molar-refractivity contribution is -0.117. The second kappa shape index (κ2) is 10.8. The number of benzene rings is 2. The summed E-state index contributed by atoms with van der Waals surface area (Å²) in [6, 6.07) is 16.2. The van der Waals surface area contributed by atoms with Crippen LogP contribution in [-0.2, 0) is 16.0 Å². The highest BCUT2D eigenvalue weighted by Gasteiger charge is 2.14. The van der Waals surface area contributed by atoms with E-state index in [9.17, 15) is 4.79 Å². The first-order chi connectivity index (χ1) is 14.1. The van der Waals surface area contributed by atoms with Gasteiger partial charge in [0.1, 0.15) is 18.1 Å². The second-order valence-electron chi connectivity index (χ2n) is 7.99. The molecule has 3 nitrogen and oxygen atoms in total. The first-order valence-electron chi connectivity index (χ1n) is 10.5. The lowest BCUT2D eigenvalue weighted by atomic mass is 9.96. The van der Waals surface area contributed by atoms with Crippen molar-refractivity contribution in [1.82, 2.24) is 0 Å². The largest absolute Gasteiger partial charge is 0.491 e. The number of ketones is 1. The van der Waals surface area contributed by atoms with Gasteiger partial charge in [-0.05, 0) is 80.5 Å². The normalized spacial score (nSPS) is 17.1. The Morgan fingerprint density at radius 3 is 2.31 bits per heavy atom. The Bertz CT molecular complexity index is 834. The average Bonchev–Trinajstić information content (AvgIpc) is 2.73. The second-order valence-corrected chi connectivity index (χ2v) is 7.99. The van der Waals surface area contributed by atoms with Crippen LogP contribution in [0.2, 0.25) is 0 Å². The van der Waals surface area contributed by atoms with E-state index in [4.69, 9.17) is 9.47 Å². The predicted octanol–water partition coefficient (Wildman–Crippen LogP) is 5.19. The molecule has 0 bridgehead atoms. The monoisotopic (exact) mass is 390 g/mol. The summed E-state index contributed by atoms with van der Waals surface area (Å²) < 4.78 is 11.5. The molecule has 1 aliphatic rings. The summed E-state index contributed by atoms with van der Waals surface area (Å²) in [5, 5.41) is 0. The molecule has 2 aromatic carbocycles. The van der Waals surface area contributed by atoms with E-state index in [1.54, 1.807) is 6.92 Å². The zero-order valence-corrected chi connectivity index (χ0v) is 17.4. The highest BCUT2D eigenvalue weighted by molar-refractivity contribution is 5.75. The molecule has 2 atom stereocenters. The third-order valence-corrected chi connectivity index (χ3v) is 5.09. The molecule has 2 unspecified atom stereocenters. The van der Waals surface area contributed by atoms with Crippen molar-refractivity contribution in [2.75, 3.05) is 13.2 Å². The maximum atomic E-state index is 11.2. The number of carbonyl (C=O) groups excluding carboxylic acids is 1. The Hall–Kier alpha value is -2.57. The summed E-state index contributed by atoms with van der Waals surface area (Å²) in [5.74, 6) is 7.89. The van der Waals surface area contributed by atoms with Crippen LogP contribution in [0.15, 0.2) is 48.5 Å². The Morgan fingerprint density at radius 2 is 1.72 bits per heavy atom. The molecule has 152 valence electrons. The number of hydrogen-bond donors (Lipinski definition) is 0. The van der Waals surface area contributed by atoms with Crippen LogP contribution in [0.25, 0.3) is 0 Å². The first kappa shape index (κ1) is 21.1. The Labute approximate surface area is 174 Å². The molecule has 0 radical (unpaired) electrons. The lowest BCUT2D eigenvalue weighted by Gasteiger charge is -2.22. The van der Waals surface area contributed by atoms with Crippen molar-refractivity contribution in [3.05, 3.63) is 65.2 Å². The smallest absolute Gasteiger partial charge is 0.130 e. The zero-order valence-electron chi connectivity index (χ0n) is 17.4. The van der Waals surface area contributed by atoms with Crippen molar-refractivity contribution in [1.29, 1.82) is 0 Å². The van der Waals surface area contributed by atoms with Gasteiger partial charge in [-0.3, -0.25) is 0 Å². The molecule has 1 aliphatic heterocycles. The van der Waals surface area contributed by atoms with Crippen molar-refractivity contribution in [3.63, 3.8) is 0 Å². The number of carbonyl (C=O) groups is 1. The molecule has 29 heavy (non-hydrogen) atoms. The molecule has 1 fully saturated rings. The van der Waals surface area contributed by atoms with Crippen LogP contribution in [0.3, 0.4) is 0 Å². The molecule has 0 aliphatic carbocycles. The topological polar surface area (TPSA) is 35.5 Å². The van der Waals surface area contributed by atoms with E-state index >= 15 is 0 Å². The molecule has 0 amide bonds. The van der Waals surface area contributed by atoms with Gasteiger partial charge in [0.15, 0.2) is 0 Å². The summed E-state index contributed by atoms with van der Waals surface area (Å²) in [6.45, 7) is 5.23. The van der Waals surface area contributed by atoms with Crippen LogP contribution in [0.4, 0.5) is 0 Å². The van der Waals surface area contributed by atoms with E-state index in [1.807, 2.05) is 36.4 Å². The molecular weight excluding hydrogens is 360 g/mol. The van der Waals surface area contributed by atoms with Gasteiger partial charge in [-0.1, -0.05) is 30.9 Å². The van der Waals surface area contributed by atoms with E-state index in [0.29, 0.717) is 18.9 Å². The minimum atomic E-state index is 0.219. The highest BCUT2D eigenvalue weighted by Crippen LogP contribution is 2.17. The van der Waals surface area contributed by atoms with E-state index < -0.39 is 0 Å². The SMILES string of the molecule is CC(=O)CC(C)Cc1ccc(C#Cc2ccc(OCC3CCCCO3)cc2)cc1. The fourth-order valence-electron chi connectivity index (χ4n) is 3.60. The van der Waals surface area contributed by atoms with E-state index in [0.717, 1.165) is 42.7 Å². The van der Waals surface area contributed by atoms with Crippen molar-refractivity contribution in [2.45, 2.75) is 52.1 Å². The summed E-state index contributed by atoms with van der Waals surface area (Å²) >= 11 is 0. The van der Waals surface area contributed by atoms with Crippen LogP contribution in [0.1, 0.15) is 56.2 Å². The molecule has 1 saturated heterocycles. The van der Waals surface area contributed by atoms with Gasteiger partial charge in [0.2, 0.25) is 0 Å². The van der Waals surface area contributed by atoms with Gasteiger partial charge in [-0.2, -0.15) is 0 Å². The number of Topliss-reactive ketones (excluding diaryl/α,β-unsaturated/α-hetero) is 1. The van der Waals surface area contributed by atoms with Crippen LogP contribution < -0.4 is 4.74 Å². The molecule has 0 saturated carbocycles. The van der Waals surface area contributed by atoms with Crippen molar-refractivity contribution >= 4 is 5.78 Å². The first-order valence-corrected chi connectivity index (χ1v) is 10.5. The molecule has 0 spiro atoms. The van der Waals surface area contributed by atoms with Gasteiger partial charge < -0.3 is 14.3 Å². The quantitative estimate of drug-likeness (QED) is 0.610. The van der Waals surface area contributed by atoms with Gasteiger partial charge in [0.25, 0.3) is 0 Å². The molecule has 3 heteroatoms. The fraction of sp³-hybridized carbons (Fsp3) is 0.423. The maximum absolute atomic E-state index is 11.2. The number of ether oxygens (including phenoxy) is 2. The van der Waals surface area contributed by atoms with Crippen LogP contribution in [-0.4, -0.2) is 25.1 Å². The molecular formula is C26H30O3. The lowest BCUT2D eigenvalue weighted by Crippen LogP contribution is -2.25. The Balaban J connectivity index is 1.50. The van der Waals surface area contributed by atoms with Crippen LogP contribution in [0.5, 0.6) is 5.75 Å². The predicted molar refractivity (Wildman–Crippen MR) is 116 cm³/mol. The third kappa shape index (κ3) is 7.40. The Morgan fingerprint density at radius 1 is 1.07 bits per heavy atom. The van der Waals surface area contributed by atoms with Gasteiger partial charge in [-0.25, -0.2) is 0 Å². The van der Waals surface area contributed by atoms with Crippen molar-refractivity contribution in [2.24, 2.45) is 5.92 Å². The third-order valence-electron chi connectivity index (χ3n) is 5.09. The van der Waals surface area contributed by atoms with Crippen molar-refractivity contribution in [3.8, 4) is 17.6 Å². The molecule has 0 aromatic heterocycles. The average molecular weight is 391 g/mol. The minimum absolute atomic E-state index is 0.219. The molecule has 0 N–H and O–H groups in total. The highest BCUT2D eigenvalue weighted by atomic mass is 16.5. The molecule has 2 aromatic rings. The summed E-state index contributed by atoms with van der Waals surface area (Å²) in [7, 11) is 0. The van der Waals surface area contributed by atoms with E-state index in [-0.39, 0.29) is 11.9 Å². The Kier molecular flexibility index (Phi) is 7.90. The summed E-state index contributed by atoms with van der Waals surface area (Å²) in [4.78, 5) is 11.2. The number of rotatable bonds is 7. The maximum Gasteiger partial charge on any atom is 0.130 e. The van der Waals surface area contributed by atoms with E-state index in [1.165, 1.54) is 12.0 Å². The zero-order chi connectivity index (χ0) is 20.5. The van der Waals surface area contributed by atoms with Crippen LogP contribution >= 0.6 is 0 Å². The fourth-order valence-corrected chi connectivity index (χ4v) is 3.60. The summed E-state index contributed by atoms with van der Waals surface area (Å²) in [6.07, 6.45) is 5.23. The van der Waals surface area contributed by atoms with Crippen LogP contribution in [0, 0.1) is 17.8 Å². The van der Waals surface area contributed by atoms with Gasteiger partial charge >= 0.3 is 0 Å².